The van der Waals surface area contributed by atoms with E-state index in [1.54, 1.807) is 30.3 Å². The van der Waals surface area contributed by atoms with Crippen LogP contribution in [0, 0.1) is 0 Å². The summed E-state index contributed by atoms with van der Waals surface area (Å²) in [5.74, 6) is 0.326. The van der Waals surface area contributed by atoms with Gasteiger partial charge in [0.1, 0.15) is 11.5 Å². The topological polar surface area (TPSA) is 88.1 Å². The molecule has 0 saturated heterocycles. The summed E-state index contributed by atoms with van der Waals surface area (Å²) in [6.07, 6.45) is 18.0. The summed E-state index contributed by atoms with van der Waals surface area (Å²) in [6, 6.07) is 6.95. The zero-order chi connectivity index (χ0) is 29.7. The number of carbonyl (C=O) groups is 3. The summed E-state index contributed by atoms with van der Waals surface area (Å²) in [4.78, 5) is 35.2. The molecule has 0 bridgehead atoms. The fourth-order valence-corrected chi connectivity index (χ4v) is 3.91. The van der Waals surface area contributed by atoms with Gasteiger partial charge in [0.25, 0.3) is 0 Å². The molecule has 0 spiro atoms. The fraction of sp³-hybridized carbons (Fsp3) is 0.382. The van der Waals surface area contributed by atoms with E-state index in [0.717, 1.165) is 62.2 Å². The van der Waals surface area contributed by atoms with E-state index in [1.165, 1.54) is 0 Å². The maximum absolute atomic E-state index is 12.5. The normalized spacial score (nSPS) is 12.6. The third-order valence-corrected chi connectivity index (χ3v) is 6.28. The minimum Gasteiger partial charge on any atom is -0.494 e. The Morgan fingerprint density at radius 1 is 0.805 bits per heavy atom. The lowest BCUT2D eigenvalue weighted by atomic mass is 9.97. The minimum absolute atomic E-state index is 0.191. The Hall–Kier alpha value is -4.13. The second kappa shape index (κ2) is 19.9. The lowest BCUT2D eigenvalue weighted by molar-refractivity contribution is -0.144. The Balaban J connectivity index is 1.53. The monoisotopic (exact) mass is 562 g/mol. The van der Waals surface area contributed by atoms with E-state index in [1.807, 2.05) is 24.3 Å². The van der Waals surface area contributed by atoms with Crippen molar-refractivity contribution in [2.75, 3.05) is 19.8 Å². The molecule has 0 fully saturated rings. The maximum atomic E-state index is 12.5. The quantitative estimate of drug-likeness (QED) is 0.0534. The third kappa shape index (κ3) is 14.2. The molecule has 0 aromatic heterocycles. The van der Waals surface area contributed by atoms with Gasteiger partial charge in [0.15, 0.2) is 0 Å². The van der Waals surface area contributed by atoms with Crippen molar-refractivity contribution in [1.29, 1.82) is 0 Å². The van der Waals surface area contributed by atoms with Crippen LogP contribution in [0.25, 0.3) is 0 Å². The van der Waals surface area contributed by atoms with E-state index in [9.17, 15) is 14.4 Å². The highest BCUT2D eigenvalue weighted by molar-refractivity contribution is 5.90. The first kappa shape index (κ1) is 33.1. The zero-order valence-corrected chi connectivity index (χ0v) is 23.9. The molecule has 1 aromatic carbocycles. The number of allylic oxidation sites excluding steroid dienone is 8. The first-order valence-corrected chi connectivity index (χ1v) is 14.2. The average molecular weight is 563 g/mol. The van der Waals surface area contributed by atoms with Crippen molar-refractivity contribution in [2.45, 2.75) is 64.2 Å². The molecule has 0 N–H and O–H groups in total. The number of benzene rings is 1. The van der Waals surface area contributed by atoms with E-state index in [2.05, 4.69) is 19.7 Å². The Labute approximate surface area is 243 Å². The molecule has 1 aliphatic carbocycles. The molecule has 1 aromatic rings. The van der Waals surface area contributed by atoms with Crippen LogP contribution in [0.4, 0.5) is 0 Å². The van der Waals surface area contributed by atoms with Crippen LogP contribution in [0.1, 0.15) is 74.6 Å². The summed E-state index contributed by atoms with van der Waals surface area (Å²) in [6.45, 7) is 12.4. The highest BCUT2D eigenvalue weighted by Gasteiger charge is 2.14. The summed E-state index contributed by atoms with van der Waals surface area (Å²) in [5, 5.41) is 0. The molecule has 0 amide bonds. The van der Waals surface area contributed by atoms with Gasteiger partial charge in [-0.15, -0.1) is 0 Å². The predicted octanol–water partition coefficient (Wildman–Crippen LogP) is 7.52. The predicted molar refractivity (Wildman–Crippen MR) is 160 cm³/mol. The van der Waals surface area contributed by atoms with Crippen LogP contribution in [-0.4, -0.2) is 37.7 Å². The van der Waals surface area contributed by atoms with Gasteiger partial charge >= 0.3 is 17.9 Å². The lowest BCUT2D eigenvalue weighted by Gasteiger charge is -2.15. The largest absolute Gasteiger partial charge is 0.494 e. The standard InChI is InChI=1S/C34H42O7/c1-4-6-14-27(3)28-16-22-31(23-17-28)41-34(37)29-18-20-30(21-19-29)38-24-11-7-8-12-26-40-33(36)15-10-9-13-25-39-32(35)5-2/h4-6,14,16,18-22H,1-3,7-13,15,17,23-26H2/b14-6-. The van der Waals surface area contributed by atoms with Gasteiger partial charge in [-0.3, -0.25) is 4.79 Å². The number of ether oxygens (including phenoxy) is 4. The number of esters is 3. The lowest BCUT2D eigenvalue weighted by Crippen LogP contribution is -2.07. The third-order valence-electron chi connectivity index (χ3n) is 6.28. The van der Waals surface area contributed by atoms with Gasteiger partial charge in [-0.1, -0.05) is 44.0 Å². The van der Waals surface area contributed by atoms with Crippen LogP contribution in [0.3, 0.4) is 0 Å². The van der Waals surface area contributed by atoms with Crippen molar-refractivity contribution in [3.05, 3.63) is 103 Å². The first-order valence-electron chi connectivity index (χ1n) is 14.2. The Bertz CT molecular complexity index is 1120. The Kier molecular flexibility index (Phi) is 16.0. The summed E-state index contributed by atoms with van der Waals surface area (Å²) in [5.41, 5.74) is 2.50. The molecule has 0 saturated carbocycles. The number of rotatable bonds is 20. The van der Waals surface area contributed by atoms with Gasteiger partial charge in [0.2, 0.25) is 0 Å². The molecule has 1 aliphatic rings. The van der Waals surface area contributed by atoms with E-state index in [-0.39, 0.29) is 5.97 Å². The highest BCUT2D eigenvalue weighted by Crippen LogP contribution is 2.25. The van der Waals surface area contributed by atoms with Crippen molar-refractivity contribution < 1.29 is 33.3 Å². The highest BCUT2D eigenvalue weighted by atomic mass is 16.5. The van der Waals surface area contributed by atoms with Crippen molar-refractivity contribution in [3.8, 4) is 5.75 Å². The second-order valence-electron chi connectivity index (χ2n) is 9.52. The van der Waals surface area contributed by atoms with Crippen LogP contribution in [-0.2, 0) is 23.8 Å². The van der Waals surface area contributed by atoms with E-state index < -0.39 is 11.9 Å². The van der Waals surface area contributed by atoms with Gasteiger partial charge in [-0.25, -0.2) is 9.59 Å². The fourth-order valence-electron chi connectivity index (χ4n) is 3.91. The van der Waals surface area contributed by atoms with Crippen molar-refractivity contribution >= 4 is 17.9 Å². The number of hydrogen-bond acceptors (Lipinski definition) is 7. The molecular weight excluding hydrogens is 520 g/mol. The van der Waals surface area contributed by atoms with Gasteiger partial charge in [0.05, 0.1) is 25.4 Å². The van der Waals surface area contributed by atoms with E-state index in [0.29, 0.717) is 56.2 Å². The molecule has 2 rings (SSSR count). The van der Waals surface area contributed by atoms with E-state index >= 15 is 0 Å². The molecule has 41 heavy (non-hydrogen) atoms. The van der Waals surface area contributed by atoms with Crippen molar-refractivity contribution in [1.82, 2.24) is 0 Å². The molecule has 0 unspecified atom stereocenters. The van der Waals surface area contributed by atoms with Gasteiger partial charge in [0, 0.05) is 18.9 Å². The SMILES string of the molecule is C=C/C=C\C(=C)C1=CC=C(OC(=O)c2ccc(OCCCCCCOC(=O)CCCCCOC(=O)C=C)cc2)CC1. The molecule has 0 radical (unpaired) electrons. The van der Waals surface area contributed by atoms with Gasteiger partial charge in [-0.05, 0) is 92.9 Å². The zero-order valence-electron chi connectivity index (χ0n) is 23.9. The molecule has 7 heteroatoms. The first-order chi connectivity index (χ1) is 19.9. The van der Waals surface area contributed by atoms with Crippen molar-refractivity contribution in [2.24, 2.45) is 0 Å². The average Bonchev–Trinajstić information content (AvgIpc) is 2.99. The Morgan fingerprint density at radius 2 is 1.49 bits per heavy atom. The molecular formula is C34H42O7. The number of unbranched alkanes of at least 4 members (excludes halogenated alkanes) is 5. The summed E-state index contributed by atoms with van der Waals surface area (Å²) >= 11 is 0. The minimum atomic E-state index is -0.425. The van der Waals surface area contributed by atoms with Crippen LogP contribution in [0.5, 0.6) is 5.75 Å². The molecule has 0 heterocycles. The van der Waals surface area contributed by atoms with Crippen LogP contribution < -0.4 is 4.74 Å². The molecule has 220 valence electrons. The van der Waals surface area contributed by atoms with Crippen molar-refractivity contribution in [3.63, 3.8) is 0 Å². The number of hydrogen-bond donors (Lipinski definition) is 0. The summed E-state index contributed by atoms with van der Waals surface area (Å²) < 4.78 is 21.5. The van der Waals surface area contributed by atoms with Crippen LogP contribution >= 0.6 is 0 Å². The van der Waals surface area contributed by atoms with Crippen LogP contribution in [0.15, 0.2) is 97.4 Å². The molecule has 7 nitrogen and oxygen atoms in total. The van der Waals surface area contributed by atoms with Gasteiger partial charge < -0.3 is 18.9 Å². The second-order valence-corrected chi connectivity index (χ2v) is 9.52. The molecule has 0 atom stereocenters. The molecule has 0 aliphatic heterocycles. The Morgan fingerprint density at radius 3 is 2.15 bits per heavy atom. The maximum Gasteiger partial charge on any atom is 0.343 e. The van der Waals surface area contributed by atoms with E-state index in [4.69, 9.17) is 18.9 Å². The summed E-state index contributed by atoms with van der Waals surface area (Å²) in [7, 11) is 0. The smallest absolute Gasteiger partial charge is 0.343 e. The number of carbonyl (C=O) groups excluding carboxylic acids is 3. The van der Waals surface area contributed by atoms with Crippen LogP contribution in [0.2, 0.25) is 0 Å². The van der Waals surface area contributed by atoms with Gasteiger partial charge in [-0.2, -0.15) is 0 Å².